The highest BCUT2D eigenvalue weighted by atomic mass is 79.9. The van der Waals surface area contributed by atoms with Crippen LogP contribution < -0.4 is 10.5 Å². The molecule has 88 valence electrons. The van der Waals surface area contributed by atoms with Gasteiger partial charge in [-0.1, -0.05) is 0 Å². The summed E-state index contributed by atoms with van der Waals surface area (Å²) >= 11 is 2.84. The van der Waals surface area contributed by atoms with Gasteiger partial charge < -0.3 is 10.5 Å². The third-order valence-electron chi connectivity index (χ3n) is 1.50. The summed E-state index contributed by atoms with van der Waals surface area (Å²) < 4.78 is 39.4. The van der Waals surface area contributed by atoms with Crippen molar-refractivity contribution in [3.05, 3.63) is 26.7 Å². The van der Waals surface area contributed by atoms with E-state index in [2.05, 4.69) is 20.7 Å². The lowest BCUT2D eigenvalue weighted by molar-refractivity contribution is -0.388. The maximum atomic E-state index is 11.9. The Balaban J connectivity index is 3.25. The Kier molecular flexibility index (Phi) is 3.27. The van der Waals surface area contributed by atoms with Crippen LogP contribution in [0.5, 0.6) is 5.75 Å². The number of halogens is 4. The number of nitrogen functional groups attached to an aromatic ring is 1. The summed E-state index contributed by atoms with van der Waals surface area (Å²) in [5, 5.41) is 10.5. The van der Waals surface area contributed by atoms with Crippen LogP contribution in [0.2, 0.25) is 0 Å². The number of nitrogens with zero attached hydrogens (tertiary/aromatic N) is 1. The van der Waals surface area contributed by atoms with Gasteiger partial charge in [0, 0.05) is 16.6 Å². The summed E-state index contributed by atoms with van der Waals surface area (Å²) in [5.41, 5.74) is 4.40. The second-order valence-corrected chi connectivity index (χ2v) is 3.50. The summed E-state index contributed by atoms with van der Waals surface area (Å²) in [6.45, 7) is 0. The molecule has 0 saturated heterocycles. The van der Waals surface area contributed by atoms with E-state index in [9.17, 15) is 23.3 Å². The first-order valence-corrected chi connectivity index (χ1v) is 4.49. The number of nitro groups is 1. The topological polar surface area (TPSA) is 78.4 Å². The van der Waals surface area contributed by atoms with E-state index in [1.54, 1.807) is 0 Å². The highest BCUT2D eigenvalue weighted by Crippen LogP contribution is 2.37. The average molecular weight is 301 g/mol. The van der Waals surface area contributed by atoms with E-state index < -0.39 is 22.7 Å². The van der Waals surface area contributed by atoms with Gasteiger partial charge in [0.2, 0.25) is 5.75 Å². The third-order valence-corrected chi connectivity index (χ3v) is 2.19. The Morgan fingerprint density at radius 1 is 1.44 bits per heavy atom. The SMILES string of the molecule is Nc1cc([N+](=O)[O-])c(OC(F)(F)F)cc1Br. The molecule has 1 rings (SSSR count). The van der Waals surface area contributed by atoms with Gasteiger partial charge in [-0.3, -0.25) is 10.1 Å². The van der Waals surface area contributed by atoms with Crippen LogP contribution in [-0.2, 0) is 0 Å². The number of ether oxygens (including phenoxy) is 1. The van der Waals surface area contributed by atoms with Gasteiger partial charge in [-0.25, -0.2) is 0 Å². The molecule has 0 radical (unpaired) electrons. The summed E-state index contributed by atoms with van der Waals surface area (Å²) in [6, 6.07) is 1.58. The van der Waals surface area contributed by atoms with E-state index in [1.807, 2.05) is 0 Å². The number of hydrogen-bond donors (Lipinski definition) is 1. The van der Waals surface area contributed by atoms with E-state index in [0.29, 0.717) is 0 Å². The molecular formula is C7H4BrF3N2O3. The van der Waals surface area contributed by atoms with Crippen LogP contribution in [-0.4, -0.2) is 11.3 Å². The summed E-state index contributed by atoms with van der Waals surface area (Å²) in [4.78, 5) is 9.45. The van der Waals surface area contributed by atoms with Crippen LogP contribution in [0.4, 0.5) is 24.5 Å². The van der Waals surface area contributed by atoms with Crippen molar-refractivity contribution in [2.24, 2.45) is 0 Å². The van der Waals surface area contributed by atoms with Crippen LogP contribution >= 0.6 is 15.9 Å². The quantitative estimate of drug-likeness (QED) is 0.517. The van der Waals surface area contributed by atoms with E-state index in [1.165, 1.54) is 0 Å². The molecule has 16 heavy (non-hydrogen) atoms. The molecule has 5 nitrogen and oxygen atoms in total. The lowest BCUT2D eigenvalue weighted by Gasteiger charge is -2.10. The number of benzene rings is 1. The van der Waals surface area contributed by atoms with Gasteiger partial charge in [-0.15, -0.1) is 13.2 Å². The minimum absolute atomic E-state index is 0.0544. The van der Waals surface area contributed by atoms with Gasteiger partial charge in [0.1, 0.15) is 0 Å². The molecule has 0 saturated carbocycles. The fourth-order valence-corrected chi connectivity index (χ4v) is 1.23. The van der Waals surface area contributed by atoms with Crippen LogP contribution in [0, 0.1) is 10.1 Å². The highest BCUT2D eigenvalue weighted by molar-refractivity contribution is 9.10. The van der Waals surface area contributed by atoms with Crippen molar-refractivity contribution in [1.29, 1.82) is 0 Å². The molecule has 0 atom stereocenters. The first-order valence-electron chi connectivity index (χ1n) is 3.70. The van der Waals surface area contributed by atoms with Crippen molar-refractivity contribution in [3.63, 3.8) is 0 Å². The Hall–Kier alpha value is -1.51. The van der Waals surface area contributed by atoms with Crippen molar-refractivity contribution in [2.45, 2.75) is 6.36 Å². The molecule has 0 unspecified atom stereocenters. The van der Waals surface area contributed by atoms with Gasteiger partial charge in [0.15, 0.2) is 0 Å². The van der Waals surface area contributed by atoms with Gasteiger partial charge in [-0.2, -0.15) is 0 Å². The number of hydrogen-bond acceptors (Lipinski definition) is 4. The average Bonchev–Trinajstić information content (AvgIpc) is 2.07. The number of nitrogens with two attached hydrogens (primary N) is 1. The maximum absolute atomic E-state index is 11.9. The molecule has 1 aromatic carbocycles. The number of alkyl halides is 3. The fraction of sp³-hybridized carbons (Fsp3) is 0.143. The molecule has 9 heteroatoms. The molecule has 0 aliphatic carbocycles. The molecule has 0 amide bonds. The van der Waals surface area contributed by atoms with Crippen LogP contribution in [0.15, 0.2) is 16.6 Å². The Labute approximate surface area is 95.3 Å². The van der Waals surface area contributed by atoms with E-state index >= 15 is 0 Å². The summed E-state index contributed by atoms with van der Waals surface area (Å²) in [5.74, 6) is -0.918. The fourth-order valence-electron chi connectivity index (χ4n) is 0.909. The van der Waals surface area contributed by atoms with Crippen LogP contribution in [0.25, 0.3) is 0 Å². The highest BCUT2D eigenvalue weighted by Gasteiger charge is 2.34. The predicted octanol–water partition coefficient (Wildman–Crippen LogP) is 2.84. The van der Waals surface area contributed by atoms with Gasteiger partial charge in [-0.05, 0) is 15.9 Å². The second kappa shape index (κ2) is 4.16. The first-order chi connectivity index (χ1) is 7.20. The van der Waals surface area contributed by atoms with E-state index in [4.69, 9.17) is 5.73 Å². The molecule has 2 N–H and O–H groups in total. The molecule has 1 aromatic rings. The smallest absolute Gasteiger partial charge is 0.398 e. The Morgan fingerprint density at radius 2 is 2.00 bits per heavy atom. The lowest BCUT2D eigenvalue weighted by Crippen LogP contribution is -2.18. The van der Waals surface area contributed by atoms with Crippen molar-refractivity contribution in [2.75, 3.05) is 5.73 Å². The maximum Gasteiger partial charge on any atom is 0.573 e. The molecule has 0 aromatic heterocycles. The van der Waals surface area contributed by atoms with E-state index in [-0.39, 0.29) is 10.2 Å². The zero-order valence-electron chi connectivity index (χ0n) is 7.42. The van der Waals surface area contributed by atoms with Crippen LogP contribution in [0.1, 0.15) is 0 Å². The number of anilines is 1. The Bertz CT molecular complexity index is 436. The molecule has 0 aliphatic rings. The van der Waals surface area contributed by atoms with Gasteiger partial charge in [0.25, 0.3) is 0 Å². The van der Waals surface area contributed by atoms with Crippen molar-refractivity contribution in [3.8, 4) is 5.75 Å². The summed E-state index contributed by atoms with van der Waals surface area (Å²) in [6.07, 6.45) is -5.00. The number of nitro benzene ring substituents is 1. The van der Waals surface area contributed by atoms with Crippen molar-refractivity contribution >= 4 is 27.3 Å². The third kappa shape index (κ3) is 2.99. The molecule has 0 fully saturated rings. The van der Waals surface area contributed by atoms with E-state index in [0.717, 1.165) is 12.1 Å². The normalized spacial score (nSPS) is 11.2. The zero-order valence-corrected chi connectivity index (χ0v) is 9.00. The number of rotatable bonds is 2. The zero-order chi connectivity index (χ0) is 12.5. The second-order valence-electron chi connectivity index (χ2n) is 2.65. The molecular weight excluding hydrogens is 297 g/mol. The lowest BCUT2D eigenvalue weighted by atomic mass is 10.2. The minimum atomic E-state index is -5.00. The predicted molar refractivity (Wildman–Crippen MR) is 51.9 cm³/mol. The molecule has 0 spiro atoms. The molecule has 0 heterocycles. The van der Waals surface area contributed by atoms with Crippen LogP contribution in [0.3, 0.4) is 0 Å². The van der Waals surface area contributed by atoms with Crippen molar-refractivity contribution < 1.29 is 22.8 Å². The standard InChI is InChI=1S/C7H4BrF3N2O3/c8-3-1-6(16-7(9,10)11)5(13(14)15)2-4(3)12/h1-2H,12H2. The van der Waals surface area contributed by atoms with Crippen molar-refractivity contribution in [1.82, 2.24) is 0 Å². The monoisotopic (exact) mass is 300 g/mol. The van der Waals surface area contributed by atoms with Gasteiger partial charge in [0.05, 0.1) is 10.6 Å². The molecule has 0 bridgehead atoms. The Morgan fingerprint density at radius 3 is 2.44 bits per heavy atom. The summed E-state index contributed by atoms with van der Waals surface area (Å²) in [7, 11) is 0. The molecule has 0 aliphatic heterocycles. The van der Waals surface area contributed by atoms with Gasteiger partial charge >= 0.3 is 12.0 Å². The largest absolute Gasteiger partial charge is 0.573 e. The first kappa shape index (κ1) is 12.6. The minimum Gasteiger partial charge on any atom is -0.398 e.